The summed E-state index contributed by atoms with van der Waals surface area (Å²) in [7, 11) is 1.58. The lowest BCUT2D eigenvalue weighted by Crippen LogP contribution is -2.36. The molecule has 2 rings (SSSR count). The van der Waals surface area contributed by atoms with Crippen molar-refractivity contribution in [2.75, 3.05) is 19.0 Å². The second kappa shape index (κ2) is 5.43. The molecule has 0 saturated carbocycles. The Balaban J connectivity index is 2.38. The fourth-order valence-electron chi connectivity index (χ4n) is 1.88. The van der Waals surface area contributed by atoms with Crippen molar-refractivity contribution in [2.45, 2.75) is 24.5 Å². The van der Waals surface area contributed by atoms with E-state index in [4.69, 9.17) is 21.4 Å². The van der Waals surface area contributed by atoms with Gasteiger partial charge in [0.15, 0.2) is 6.23 Å². The van der Waals surface area contributed by atoms with Crippen molar-refractivity contribution >= 4 is 17.3 Å². The molecule has 1 aliphatic rings. The van der Waals surface area contributed by atoms with E-state index in [1.165, 1.54) is 6.20 Å². The van der Waals surface area contributed by atoms with Gasteiger partial charge in [0, 0.05) is 7.05 Å². The molecule has 0 radical (unpaired) electrons. The normalized spacial score (nSPS) is 30.6. The summed E-state index contributed by atoms with van der Waals surface area (Å²) in [5, 5.41) is 34.8. The number of halogens is 1. The predicted molar refractivity (Wildman–Crippen MR) is 66.1 cm³/mol. The quantitative estimate of drug-likeness (QED) is 0.538. The van der Waals surface area contributed by atoms with E-state index in [-0.39, 0.29) is 5.02 Å². The Hall–Kier alpha value is -1.19. The average Bonchev–Trinajstić information content (AvgIpc) is 2.69. The number of ether oxygens (including phenoxy) is 1. The SMILES string of the molecule is CNc1cnn(C2O[C@H](CO)[C@@H](O)[C@H]2O)c(=O)c1Cl. The van der Waals surface area contributed by atoms with Crippen molar-refractivity contribution in [3.63, 3.8) is 0 Å². The summed E-state index contributed by atoms with van der Waals surface area (Å²) >= 11 is 5.85. The molecule has 0 spiro atoms. The maximum atomic E-state index is 12.0. The maximum absolute atomic E-state index is 12.0. The highest BCUT2D eigenvalue weighted by Gasteiger charge is 2.44. The first kappa shape index (κ1) is 14.2. The van der Waals surface area contributed by atoms with Crippen molar-refractivity contribution < 1.29 is 20.1 Å². The molecule has 1 aromatic heterocycles. The highest BCUT2D eigenvalue weighted by molar-refractivity contribution is 6.32. The predicted octanol–water partition coefficient (Wildman–Crippen LogP) is -1.45. The smallest absolute Gasteiger partial charge is 0.290 e. The third-order valence-corrected chi connectivity index (χ3v) is 3.34. The molecule has 4 atom stereocenters. The van der Waals surface area contributed by atoms with Crippen LogP contribution in [0.25, 0.3) is 0 Å². The molecule has 4 N–H and O–H groups in total. The van der Waals surface area contributed by atoms with Crippen LogP contribution in [0.2, 0.25) is 5.02 Å². The van der Waals surface area contributed by atoms with Crippen molar-refractivity contribution in [3.8, 4) is 0 Å². The molecule has 1 unspecified atom stereocenters. The number of anilines is 1. The number of nitrogens with one attached hydrogen (secondary N) is 1. The van der Waals surface area contributed by atoms with Crippen LogP contribution in [0.3, 0.4) is 0 Å². The molecular formula is C10H14ClN3O5. The number of aliphatic hydroxyl groups is 3. The summed E-state index contributed by atoms with van der Waals surface area (Å²) in [6.07, 6.45) is -3.54. The van der Waals surface area contributed by atoms with Crippen LogP contribution < -0.4 is 10.9 Å². The Labute approximate surface area is 113 Å². The van der Waals surface area contributed by atoms with Crippen LogP contribution in [-0.4, -0.2) is 57.1 Å². The number of rotatable bonds is 3. The number of aromatic nitrogens is 2. The number of aliphatic hydroxyl groups excluding tert-OH is 3. The van der Waals surface area contributed by atoms with Gasteiger partial charge in [-0.2, -0.15) is 9.78 Å². The minimum absolute atomic E-state index is 0.102. The molecule has 0 aromatic carbocycles. The maximum Gasteiger partial charge on any atom is 0.290 e. The second-order valence-corrected chi connectivity index (χ2v) is 4.48. The molecule has 106 valence electrons. The van der Waals surface area contributed by atoms with Crippen molar-refractivity contribution in [1.29, 1.82) is 0 Å². The fraction of sp³-hybridized carbons (Fsp3) is 0.600. The highest BCUT2D eigenvalue weighted by Crippen LogP contribution is 2.28. The van der Waals surface area contributed by atoms with Crippen molar-refractivity contribution in [2.24, 2.45) is 0 Å². The molecule has 9 heteroatoms. The lowest BCUT2D eigenvalue weighted by Gasteiger charge is -2.17. The van der Waals surface area contributed by atoms with E-state index in [0.29, 0.717) is 5.69 Å². The zero-order valence-corrected chi connectivity index (χ0v) is 10.8. The number of nitrogens with zero attached hydrogens (tertiary/aromatic N) is 2. The Morgan fingerprint density at radius 2 is 2.21 bits per heavy atom. The Kier molecular flexibility index (Phi) is 4.07. The van der Waals surface area contributed by atoms with Crippen LogP contribution in [0.5, 0.6) is 0 Å². The van der Waals surface area contributed by atoms with Gasteiger partial charge in [0.1, 0.15) is 23.3 Å². The summed E-state index contributed by atoms with van der Waals surface area (Å²) in [4.78, 5) is 12.0. The van der Waals surface area contributed by atoms with Gasteiger partial charge in [-0.3, -0.25) is 4.79 Å². The second-order valence-electron chi connectivity index (χ2n) is 4.10. The lowest BCUT2D eigenvalue weighted by molar-refractivity contribution is -0.0609. The Morgan fingerprint density at radius 3 is 2.74 bits per heavy atom. The molecule has 1 aliphatic heterocycles. The van der Waals surface area contributed by atoms with Crippen molar-refractivity contribution in [3.05, 3.63) is 21.6 Å². The van der Waals surface area contributed by atoms with Gasteiger partial charge in [-0.05, 0) is 0 Å². The van der Waals surface area contributed by atoms with Gasteiger partial charge in [-0.15, -0.1) is 0 Å². The van der Waals surface area contributed by atoms with Crippen LogP contribution in [0.1, 0.15) is 6.23 Å². The summed E-state index contributed by atoms with van der Waals surface area (Å²) in [6, 6.07) is 0. The number of hydrogen-bond donors (Lipinski definition) is 4. The van der Waals surface area contributed by atoms with Crippen LogP contribution >= 0.6 is 11.6 Å². The summed E-state index contributed by atoms with van der Waals surface area (Å²) in [5.74, 6) is 0. The van der Waals surface area contributed by atoms with Gasteiger partial charge in [-0.1, -0.05) is 11.6 Å². The monoisotopic (exact) mass is 291 g/mol. The Morgan fingerprint density at radius 1 is 1.53 bits per heavy atom. The molecule has 19 heavy (non-hydrogen) atoms. The van der Waals surface area contributed by atoms with E-state index in [1.807, 2.05) is 0 Å². The summed E-state index contributed by atoms with van der Waals surface area (Å²) in [5.41, 5.74) is -0.321. The molecule has 8 nitrogen and oxygen atoms in total. The molecule has 0 aliphatic carbocycles. The van der Waals surface area contributed by atoms with Gasteiger partial charge < -0.3 is 25.4 Å². The largest absolute Gasteiger partial charge is 0.394 e. The number of hydrogen-bond acceptors (Lipinski definition) is 7. The van der Waals surface area contributed by atoms with Crippen LogP contribution in [0, 0.1) is 0 Å². The van der Waals surface area contributed by atoms with Gasteiger partial charge in [0.05, 0.1) is 18.5 Å². The first-order chi connectivity index (χ1) is 9.01. The first-order valence-corrected chi connectivity index (χ1v) is 5.96. The van der Waals surface area contributed by atoms with Gasteiger partial charge in [0.25, 0.3) is 5.56 Å². The standard InChI is InChI=1S/C10H14ClN3O5/c1-12-4-2-13-14(9(18)6(4)11)10-8(17)7(16)5(3-15)19-10/h2,5,7-8,10,12,15-17H,3H2,1H3/t5-,7-,8-,10?/m1/s1. The zero-order valence-electron chi connectivity index (χ0n) is 10.0. The minimum Gasteiger partial charge on any atom is -0.394 e. The van der Waals surface area contributed by atoms with Gasteiger partial charge in [-0.25, -0.2) is 0 Å². The van der Waals surface area contributed by atoms with E-state index in [0.717, 1.165) is 4.68 Å². The average molecular weight is 292 g/mol. The highest BCUT2D eigenvalue weighted by atomic mass is 35.5. The van der Waals surface area contributed by atoms with Gasteiger partial charge in [0.2, 0.25) is 0 Å². The third-order valence-electron chi connectivity index (χ3n) is 2.97. The molecule has 0 amide bonds. The van der Waals surface area contributed by atoms with E-state index in [1.54, 1.807) is 7.05 Å². The zero-order chi connectivity index (χ0) is 14.2. The molecule has 0 bridgehead atoms. The third kappa shape index (κ3) is 2.33. The molecule has 1 saturated heterocycles. The molecule has 1 aromatic rings. The lowest BCUT2D eigenvalue weighted by atomic mass is 10.1. The van der Waals surface area contributed by atoms with Crippen LogP contribution in [-0.2, 0) is 4.74 Å². The minimum atomic E-state index is -1.38. The fourth-order valence-corrected chi connectivity index (χ4v) is 2.11. The van der Waals surface area contributed by atoms with E-state index >= 15 is 0 Å². The molecule has 1 fully saturated rings. The summed E-state index contributed by atoms with van der Waals surface area (Å²) < 4.78 is 6.04. The summed E-state index contributed by atoms with van der Waals surface area (Å²) in [6.45, 7) is -0.480. The Bertz CT molecular complexity index is 522. The van der Waals surface area contributed by atoms with Crippen LogP contribution in [0.4, 0.5) is 5.69 Å². The van der Waals surface area contributed by atoms with E-state index in [2.05, 4.69) is 10.4 Å². The van der Waals surface area contributed by atoms with Crippen molar-refractivity contribution in [1.82, 2.24) is 9.78 Å². The molecular weight excluding hydrogens is 278 g/mol. The van der Waals surface area contributed by atoms with Gasteiger partial charge >= 0.3 is 0 Å². The van der Waals surface area contributed by atoms with E-state index in [9.17, 15) is 15.0 Å². The molecule has 2 heterocycles. The van der Waals surface area contributed by atoms with Crippen LogP contribution in [0.15, 0.2) is 11.0 Å². The van der Waals surface area contributed by atoms with E-state index < -0.39 is 36.7 Å². The topological polar surface area (TPSA) is 117 Å². The first-order valence-electron chi connectivity index (χ1n) is 5.58.